The molecule has 0 saturated heterocycles. The predicted octanol–water partition coefficient (Wildman–Crippen LogP) is 0.766. The molecular formula is C11H12F3N3O2. The molecule has 0 radical (unpaired) electrons. The number of hydrogen-bond acceptors (Lipinski definition) is 3. The van der Waals surface area contributed by atoms with Crippen LogP contribution < -0.4 is 10.6 Å². The van der Waals surface area contributed by atoms with Gasteiger partial charge >= 0.3 is 12.1 Å². The van der Waals surface area contributed by atoms with Crippen molar-refractivity contribution in [2.75, 3.05) is 6.54 Å². The van der Waals surface area contributed by atoms with Gasteiger partial charge in [0.2, 0.25) is 5.91 Å². The lowest BCUT2D eigenvalue weighted by Crippen LogP contribution is -2.38. The number of alkyl halides is 3. The normalized spacial score (nSPS) is 10.9. The Labute approximate surface area is 107 Å². The summed E-state index contributed by atoms with van der Waals surface area (Å²) in [6, 6.07) is 3.40. The van der Waals surface area contributed by atoms with Gasteiger partial charge in [-0.3, -0.25) is 14.6 Å². The summed E-state index contributed by atoms with van der Waals surface area (Å²) in [5.74, 6) is -2.49. The van der Waals surface area contributed by atoms with Gasteiger partial charge in [0.05, 0.1) is 0 Å². The summed E-state index contributed by atoms with van der Waals surface area (Å²) in [7, 11) is 0. The van der Waals surface area contributed by atoms with Crippen LogP contribution in [0.2, 0.25) is 0 Å². The molecule has 0 bridgehead atoms. The van der Waals surface area contributed by atoms with Gasteiger partial charge in [0.25, 0.3) is 0 Å². The first-order valence-corrected chi connectivity index (χ1v) is 5.40. The van der Waals surface area contributed by atoms with Gasteiger partial charge in [-0.15, -0.1) is 0 Å². The minimum absolute atomic E-state index is 0.215. The van der Waals surface area contributed by atoms with Crippen molar-refractivity contribution in [2.24, 2.45) is 0 Å². The van der Waals surface area contributed by atoms with E-state index in [1.807, 2.05) is 0 Å². The van der Waals surface area contributed by atoms with Crippen LogP contribution in [0.4, 0.5) is 13.2 Å². The zero-order valence-corrected chi connectivity index (χ0v) is 9.83. The lowest BCUT2D eigenvalue weighted by atomic mass is 10.2. The third-order valence-electron chi connectivity index (χ3n) is 2.13. The first-order chi connectivity index (χ1) is 8.89. The second-order valence-corrected chi connectivity index (χ2v) is 3.64. The standard InChI is InChI=1S/C11H12F3N3O2/c12-11(13,14)10(19)16-6-3-9(18)17-7-8-1-4-15-5-2-8/h1-2,4-5H,3,6-7H2,(H,16,19)(H,17,18). The molecule has 2 N–H and O–H groups in total. The molecule has 0 aliphatic carbocycles. The maximum atomic E-state index is 11.8. The van der Waals surface area contributed by atoms with Gasteiger partial charge in [0.15, 0.2) is 0 Å². The minimum Gasteiger partial charge on any atom is -0.352 e. The number of carbonyl (C=O) groups is 2. The summed E-state index contributed by atoms with van der Waals surface area (Å²) in [5.41, 5.74) is 0.822. The largest absolute Gasteiger partial charge is 0.471 e. The van der Waals surface area contributed by atoms with Crippen LogP contribution in [0.25, 0.3) is 0 Å². The molecule has 19 heavy (non-hydrogen) atoms. The molecule has 0 spiro atoms. The molecular weight excluding hydrogens is 263 g/mol. The molecule has 1 aromatic rings. The minimum atomic E-state index is -4.92. The first kappa shape index (κ1) is 14.9. The van der Waals surface area contributed by atoms with Gasteiger partial charge in [-0.25, -0.2) is 0 Å². The molecule has 1 aromatic heterocycles. The fourth-order valence-corrected chi connectivity index (χ4v) is 1.18. The maximum absolute atomic E-state index is 11.8. The van der Waals surface area contributed by atoms with Crippen LogP contribution in [0, 0.1) is 0 Å². The first-order valence-electron chi connectivity index (χ1n) is 5.40. The van der Waals surface area contributed by atoms with Crippen LogP contribution in [0.15, 0.2) is 24.5 Å². The smallest absolute Gasteiger partial charge is 0.352 e. The Bertz CT molecular complexity index is 435. The second-order valence-electron chi connectivity index (χ2n) is 3.64. The Hall–Kier alpha value is -2.12. The Morgan fingerprint density at radius 2 is 1.79 bits per heavy atom. The number of nitrogens with zero attached hydrogens (tertiary/aromatic N) is 1. The summed E-state index contributed by atoms with van der Waals surface area (Å²) >= 11 is 0. The zero-order valence-electron chi connectivity index (χ0n) is 9.83. The van der Waals surface area contributed by atoms with E-state index in [1.165, 1.54) is 0 Å². The summed E-state index contributed by atoms with van der Waals surface area (Å²) in [4.78, 5) is 25.5. The maximum Gasteiger partial charge on any atom is 0.471 e. The fraction of sp³-hybridized carbons (Fsp3) is 0.364. The van der Waals surface area contributed by atoms with E-state index in [-0.39, 0.29) is 19.5 Å². The lowest BCUT2D eigenvalue weighted by Gasteiger charge is -2.08. The van der Waals surface area contributed by atoms with Crippen molar-refractivity contribution in [2.45, 2.75) is 19.1 Å². The fourth-order valence-electron chi connectivity index (χ4n) is 1.18. The van der Waals surface area contributed by atoms with Crippen LogP contribution in [-0.4, -0.2) is 29.5 Å². The number of rotatable bonds is 5. The average molecular weight is 275 g/mol. The van der Waals surface area contributed by atoms with Crippen molar-refractivity contribution >= 4 is 11.8 Å². The Balaban J connectivity index is 2.20. The number of halogens is 3. The highest BCUT2D eigenvalue weighted by molar-refractivity contribution is 5.82. The molecule has 0 fully saturated rings. The molecule has 0 aliphatic heterocycles. The van der Waals surface area contributed by atoms with E-state index in [4.69, 9.17) is 0 Å². The van der Waals surface area contributed by atoms with E-state index in [2.05, 4.69) is 10.3 Å². The van der Waals surface area contributed by atoms with Crippen molar-refractivity contribution < 1.29 is 22.8 Å². The molecule has 104 valence electrons. The van der Waals surface area contributed by atoms with Gasteiger partial charge in [-0.1, -0.05) is 0 Å². The molecule has 5 nitrogen and oxygen atoms in total. The van der Waals surface area contributed by atoms with Crippen LogP contribution in [0.5, 0.6) is 0 Å². The topological polar surface area (TPSA) is 71.1 Å². The van der Waals surface area contributed by atoms with Gasteiger partial charge in [0, 0.05) is 31.9 Å². The van der Waals surface area contributed by atoms with Gasteiger partial charge in [-0.05, 0) is 17.7 Å². The SMILES string of the molecule is O=C(CCNC(=O)C(F)(F)F)NCc1ccncc1. The third kappa shape index (κ3) is 5.84. The van der Waals surface area contributed by atoms with E-state index in [0.29, 0.717) is 0 Å². The number of pyridine rings is 1. The van der Waals surface area contributed by atoms with E-state index in [1.54, 1.807) is 29.8 Å². The molecule has 0 atom stereocenters. The van der Waals surface area contributed by atoms with Crippen LogP contribution in [-0.2, 0) is 16.1 Å². The van der Waals surface area contributed by atoms with Gasteiger partial charge in [-0.2, -0.15) is 13.2 Å². The molecule has 0 unspecified atom stereocenters. The van der Waals surface area contributed by atoms with Crippen molar-refractivity contribution in [3.8, 4) is 0 Å². The van der Waals surface area contributed by atoms with Crippen LogP contribution in [0.1, 0.15) is 12.0 Å². The zero-order chi connectivity index (χ0) is 14.3. The molecule has 1 heterocycles. The Morgan fingerprint density at radius 3 is 2.37 bits per heavy atom. The highest BCUT2D eigenvalue weighted by Crippen LogP contribution is 2.13. The highest BCUT2D eigenvalue weighted by Gasteiger charge is 2.38. The molecule has 1 rings (SSSR count). The van der Waals surface area contributed by atoms with E-state index in [9.17, 15) is 22.8 Å². The molecule has 0 saturated carbocycles. The second kappa shape index (κ2) is 6.72. The number of aromatic nitrogens is 1. The van der Waals surface area contributed by atoms with Gasteiger partial charge in [0.1, 0.15) is 0 Å². The van der Waals surface area contributed by atoms with Crippen molar-refractivity contribution in [3.63, 3.8) is 0 Å². The Kier molecular flexibility index (Phi) is 5.28. The van der Waals surface area contributed by atoms with Crippen LogP contribution >= 0.6 is 0 Å². The van der Waals surface area contributed by atoms with E-state index < -0.39 is 18.0 Å². The number of carbonyl (C=O) groups excluding carboxylic acids is 2. The summed E-state index contributed by atoms with van der Waals surface area (Å²) in [6.45, 7) is -0.102. The van der Waals surface area contributed by atoms with Crippen molar-refractivity contribution in [1.29, 1.82) is 0 Å². The van der Waals surface area contributed by atoms with Crippen LogP contribution in [0.3, 0.4) is 0 Å². The average Bonchev–Trinajstić information content (AvgIpc) is 2.36. The third-order valence-corrected chi connectivity index (χ3v) is 2.13. The molecule has 0 aliphatic rings. The summed E-state index contributed by atoms with van der Waals surface area (Å²) in [5, 5.41) is 4.13. The monoisotopic (exact) mass is 275 g/mol. The van der Waals surface area contributed by atoms with Gasteiger partial charge < -0.3 is 10.6 Å². The highest BCUT2D eigenvalue weighted by atomic mass is 19.4. The molecule has 8 heteroatoms. The number of nitrogens with one attached hydrogen (secondary N) is 2. The van der Waals surface area contributed by atoms with E-state index >= 15 is 0 Å². The number of amides is 2. The van der Waals surface area contributed by atoms with Crippen molar-refractivity contribution in [3.05, 3.63) is 30.1 Å². The van der Waals surface area contributed by atoms with E-state index in [0.717, 1.165) is 5.56 Å². The summed E-state index contributed by atoms with van der Waals surface area (Å²) < 4.78 is 35.5. The quantitative estimate of drug-likeness (QED) is 0.833. The molecule has 2 amide bonds. The predicted molar refractivity (Wildman–Crippen MR) is 59.8 cm³/mol. The summed E-state index contributed by atoms with van der Waals surface area (Å²) in [6.07, 6.45) is -2.02. The van der Waals surface area contributed by atoms with Crippen molar-refractivity contribution in [1.82, 2.24) is 15.6 Å². The Morgan fingerprint density at radius 1 is 1.16 bits per heavy atom. The number of hydrogen-bond donors (Lipinski definition) is 2. The lowest BCUT2D eigenvalue weighted by molar-refractivity contribution is -0.173. The molecule has 0 aromatic carbocycles.